The molecule has 0 unspecified atom stereocenters. The van der Waals surface area contributed by atoms with Gasteiger partial charge >= 0.3 is 0 Å². The average Bonchev–Trinajstić information content (AvgIpc) is 2.47. The third-order valence-corrected chi connectivity index (χ3v) is 3.81. The molecule has 2 aromatic rings. The second kappa shape index (κ2) is 6.38. The SMILES string of the molecule is CS(=O)(=O)c1ccc(N=C(NN)Nc2ccccc2)cc1. The number of hydrazine groups is 1. The van der Waals surface area contributed by atoms with Gasteiger partial charge in [0.25, 0.3) is 0 Å². The minimum absolute atomic E-state index is 0.250. The Balaban J connectivity index is 2.20. The number of hydrogen-bond acceptors (Lipinski definition) is 4. The highest BCUT2D eigenvalue weighted by Crippen LogP contribution is 2.16. The molecule has 0 bridgehead atoms. The number of sulfone groups is 1. The average molecular weight is 304 g/mol. The summed E-state index contributed by atoms with van der Waals surface area (Å²) in [7, 11) is -3.21. The van der Waals surface area contributed by atoms with Gasteiger partial charge in [-0.1, -0.05) is 18.2 Å². The summed E-state index contributed by atoms with van der Waals surface area (Å²) in [5.74, 6) is 5.78. The Hall–Kier alpha value is -2.38. The molecule has 7 heteroatoms. The standard InChI is InChI=1S/C14H16N4O2S/c1-21(19,20)13-9-7-12(8-10-13)17-14(18-15)16-11-5-3-2-4-6-11/h2-10H,15H2,1H3,(H2,16,17,18). The van der Waals surface area contributed by atoms with E-state index in [9.17, 15) is 8.42 Å². The molecule has 0 saturated heterocycles. The molecule has 0 fully saturated rings. The van der Waals surface area contributed by atoms with E-state index in [0.717, 1.165) is 11.9 Å². The summed E-state index contributed by atoms with van der Waals surface area (Å²) in [6.45, 7) is 0. The summed E-state index contributed by atoms with van der Waals surface area (Å²) >= 11 is 0. The first-order chi connectivity index (χ1) is 9.99. The van der Waals surface area contributed by atoms with Gasteiger partial charge < -0.3 is 5.32 Å². The molecule has 0 spiro atoms. The van der Waals surface area contributed by atoms with Crippen LogP contribution in [0.4, 0.5) is 11.4 Å². The molecular weight excluding hydrogens is 288 g/mol. The van der Waals surface area contributed by atoms with Crippen molar-refractivity contribution in [3.63, 3.8) is 0 Å². The second-order valence-electron chi connectivity index (χ2n) is 4.36. The van der Waals surface area contributed by atoms with Gasteiger partial charge in [-0.25, -0.2) is 19.3 Å². The fraction of sp³-hybridized carbons (Fsp3) is 0.0714. The maximum Gasteiger partial charge on any atom is 0.215 e. The van der Waals surface area contributed by atoms with Gasteiger partial charge in [0.1, 0.15) is 0 Å². The quantitative estimate of drug-likeness (QED) is 0.347. The highest BCUT2D eigenvalue weighted by atomic mass is 32.2. The van der Waals surface area contributed by atoms with Crippen molar-refractivity contribution in [3.8, 4) is 0 Å². The lowest BCUT2D eigenvalue weighted by Gasteiger charge is -2.09. The molecule has 0 aliphatic heterocycles. The Morgan fingerprint density at radius 1 is 1.05 bits per heavy atom. The molecule has 6 nitrogen and oxygen atoms in total. The van der Waals surface area contributed by atoms with Crippen molar-refractivity contribution in [1.82, 2.24) is 5.43 Å². The fourth-order valence-electron chi connectivity index (χ4n) is 1.65. The zero-order valence-electron chi connectivity index (χ0n) is 11.4. The van der Waals surface area contributed by atoms with Crippen molar-refractivity contribution in [2.45, 2.75) is 4.90 Å². The molecule has 21 heavy (non-hydrogen) atoms. The van der Waals surface area contributed by atoms with Gasteiger partial charge in [0.15, 0.2) is 9.84 Å². The molecular formula is C14H16N4O2S. The van der Waals surface area contributed by atoms with E-state index < -0.39 is 9.84 Å². The molecule has 2 rings (SSSR count). The molecule has 4 N–H and O–H groups in total. The maximum absolute atomic E-state index is 11.4. The first-order valence-corrected chi connectivity index (χ1v) is 8.06. The van der Waals surface area contributed by atoms with Crippen molar-refractivity contribution >= 4 is 27.2 Å². The number of aliphatic imine (C=N–C) groups is 1. The van der Waals surface area contributed by atoms with Crippen molar-refractivity contribution in [1.29, 1.82) is 0 Å². The number of para-hydroxylation sites is 1. The number of nitrogens with zero attached hydrogens (tertiary/aromatic N) is 1. The van der Waals surface area contributed by atoms with Crippen LogP contribution in [0.2, 0.25) is 0 Å². The Kier molecular flexibility index (Phi) is 4.56. The van der Waals surface area contributed by atoms with Crippen molar-refractivity contribution in [2.75, 3.05) is 11.6 Å². The number of hydrogen-bond donors (Lipinski definition) is 3. The van der Waals surface area contributed by atoms with E-state index in [1.807, 2.05) is 30.3 Å². The van der Waals surface area contributed by atoms with E-state index in [1.54, 1.807) is 12.1 Å². The lowest BCUT2D eigenvalue weighted by atomic mass is 10.3. The van der Waals surface area contributed by atoms with Crippen LogP contribution in [0.15, 0.2) is 64.5 Å². The van der Waals surface area contributed by atoms with E-state index in [4.69, 9.17) is 5.84 Å². The Labute approximate surface area is 123 Å². The Morgan fingerprint density at radius 2 is 1.67 bits per heavy atom. The van der Waals surface area contributed by atoms with Crippen LogP contribution in [-0.2, 0) is 9.84 Å². The van der Waals surface area contributed by atoms with Crippen LogP contribution in [0, 0.1) is 0 Å². The van der Waals surface area contributed by atoms with Crippen LogP contribution in [0.5, 0.6) is 0 Å². The van der Waals surface area contributed by atoms with Crippen molar-refractivity contribution in [2.24, 2.45) is 10.8 Å². The number of anilines is 1. The van der Waals surface area contributed by atoms with Gasteiger partial charge in [-0.15, -0.1) is 0 Å². The number of nitrogens with two attached hydrogens (primary N) is 1. The zero-order chi connectivity index (χ0) is 15.3. The topological polar surface area (TPSA) is 96.6 Å². The highest BCUT2D eigenvalue weighted by molar-refractivity contribution is 7.90. The molecule has 0 aliphatic rings. The Morgan fingerprint density at radius 3 is 2.19 bits per heavy atom. The van der Waals surface area contributed by atoms with E-state index in [-0.39, 0.29) is 4.90 Å². The largest absolute Gasteiger partial charge is 0.325 e. The first-order valence-electron chi connectivity index (χ1n) is 6.16. The van der Waals surface area contributed by atoms with Gasteiger partial charge in [-0.2, -0.15) is 0 Å². The summed E-state index contributed by atoms with van der Waals surface area (Å²) in [5, 5.41) is 3.02. The highest BCUT2D eigenvalue weighted by Gasteiger charge is 2.06. The number of nitrogens with one attached hydrogen (secondary N) is 2. The van der Waals surface area contributed by atoms with E-state index in [1.165, 1.54) is 12.1 Å². The fourth-order valence-corrected chi connectivity index (χ4v) is 2.28. The van der Waals surface area contributed by atoms with E-state index in [2.05, 4.69) is 15.7 Å². The van der Waals surface area contributed by atoms with Crippen LogP contribution in [0.1, 0.15) is 0 Å². The molecule has 2 aromatic carbocycles. The smallest absolute Gasteiger partial charge is 0.215 e. The summed E-state index contributed by atoms with van der Waals surface area (Å²) in [4.78, 5) is 4.52. The van der Waals surface area contributed by atoms with E-state index in [0.29, 0.717) is 11.6 Å². The van der Waals surface area contributed by atoms with Gasteiger partial charge in [0, 0.05) is 11.9 Å². The predicted molar refractivity (Wildman–Crippen MR) is 84.0 cm³/mol. The van der Waals surface area contributed by atoms with Crippen LogP contribution in [-0.4, -0.2) is 20.6 Å². The normalized spacial score (nSPS) is 12.0. The van der Waals surface area contributed by atoms with Gasteiger partial charge in [0.2, 0.25) is 5.96 Å². The predicted octanol–water partition coefficient (Wildman–Crippen LogP) is 1.65. The van der Waals surface area contributed by atoms with E-state index >= 15 is 0 Å². The minimum atomic E-state index is -3.21. The minimum Gasteiger partial charge on any atom is -0.325 e. The molecule has 110 valence electrons. The molecule has 0 atom stereocenters. The molecule has 0 aliphatic carbocycles. The third-order valence-electron chi connectivity index (χ3n) is 2.68. The maximum atomic E-state index is 11.4. The molecule has 0 heterocycles. The molecule has 0 saturated carbocycles. The van der Waals surface area contributed by atoms with Gasteiger partial charge in [-0.3, -0.25) is 5.43 Å². The second-order valence-corrected chi connectivity index (χ2v) is 6.38. The molecule has 0 aromatic heterocycles. The van der Waals surface area contributed by atoms with Crippen molar-refractivity contribution in [3.05, 3.63) is 54.6 Å². The number of benzene rings is 2. The van der Waals surface area contributed by atoms with Crippen LogP contribution in [0.3, 0.4) is 0 Å². The number of rotatable bonds is 3. The van der Waals surface area contributed by atoms with Gasteiger partial charge in [0.05, 0.1) is 10.6 Å². The zero-order valence-corrected chi connectivity index (χ0v) is 12.3. The summed E-state index contributed by atoms with van der Waals surface area (Å²) in [6.07, 6.45) is 1.16. The third kappa shape index (κ3) is 4.30. The summed E-state index contributed by atoms with van der Waals surface area (Å²) in [5.41, 5.74) is 3.88. The summed E-state index contributed by atoms with van der Waals surface area (Å²) < 4.78 is 22.8. The molecule has 0 radical (unpaired) electrons. The lowest BCUT2D eigenvalue weighted by Crippen LogP contribution is -2.35. The number of guanidine groups is 1. The van der Waals surface area contributed by atoms with Crippen molar-refractivity contribution < 1.29 is 8.42 Å². The van der Waals surface area contributed by atoms with Crippen LogP contribution in [0.25, 0.3) is 0 Å². The van der Waals surface area contributed by atoms with Crippen LogP contribution >= 0.6 is 0 Å². The lowest BCUT2D eigenvalue weighted by molar-refractivity contribution is 0.602. The molecule has 0 amide bonds. The van der Waals surface area contributed by atoms with Gasteiger partial charge in [-0.05, 0) is 36.4 Å². The summed E-state index contributed by atoms with van der Waals surface area (Å²) in [6, 6.07) is 15.7. The monoisotopic (exact) mass is 304 g/mol. The first kappa shape index (κ1) is 15.0. The Bertz CT molecular complexity index is 725. The van der Waals surface area contributed by atoms with Crippen LogP contribution < -0.4 is 16.6 Å².